The van der Waals surface area contributed by atoms with Crippen molar-refractivity contribution >= 4 is 21.6 Å². The van der Waals surface area contributed by atoms with Crippen molar-refractivity contribution in [3.8, 4) is 0 Å². The van der Waals surface area contributed by atoms with Crippen LogP contribution in [0.1, 0.15) is 44.6 Å². The van der Waals surface area contributed by atoms with Crippen LogP contribution in [0.5, 0.6) is 0 Å². The Morgan fingerprint density at radius 2 is 1.74 bits per heavy atom. The van der Waals surface area contributed by atoms with Gasteiger partial charge >= 0.3 is 0 Å². The molecule has 0 radical (unpaired) electrons. The topological polar surface area (TPSA) is 69.7 Å². The Morgan fingerprint density at radius 1 is 1.15 bits per heavy atom. The third kappa shape index (κ3) is 6.81. The highest BCUT2D eigenvalue weighted by molar-refractivity contribution is 7.92. The molecule has 1 aliphatic rings. The van der Waals surface area contributed by atoms with Crippen LogP contribution in [0.4, 0.5) is 5.69 Å². The number of hydrogen-bond acceptors (Lipinski definition) is 4. The minimum atomic E-state index is -3.56. The van der Waals surface area contributed by atoms with E-state index in [2.05, 4.69) is 10.2 Å². The molecular weight excluding hydrogens is 362 g/mol. The van der Waals surface area contributed by atoms with Gasteiger partial charge in [0.05, 0.1) is 11.9 Å². The lowest BCUT2D eigenvalue weighted by atomic mass is 10.2. The Labute approximate surface area is 164 Å². The second kappa shape index (κ2) is 10.1. The molecule has 0 saturated carbocycles. The van der Waals surface area contributed by atoms with Gasteiger partial charge in [0.1, 0.15) is 6.04 Å². The van der Waals surface area contributed by atoms with E-state index in [0.29, 0.717) is 12.2 Å². The minimum absolute atomic E-state index is 0.267. The summed E-state index contributed by atoms with van der Waals surface area (Å²) in [7, 11) is -3.56. The average Bonchev–Trinajstić information content (AvgIpc) is 2.88. The fourth-order valence-corrected chi connectivity index (χ4v) is 4.70. The SMILES string of the molecule is Cc1ccc(N([C@@H](C)C(=O)NCCCN2CCCCCC2)S(C)(=O)=O)cc1. The molecule has 1 fully saturated rings. The number of carbonyl (C=O) groups excluding carboxylic acids is 1. The van der Waals surface area contributed by atoms with Gasteiger partial charge in [-0.3, -0.25) is 9.10 Å². The maximum Gasteiger partial charge on any atom is 0.243 e. The smallest absolute Gasteiger partial charge is 0.243 e. The Bertz CT molecular complexity index is 696. The summed E-state index contributed by atoms with van der Waals surface area (Å²) in [4.78, 5) is 15.0. The van der Waals surface area contributed by atoms with Crippen LogP contribution in [-0.4, -0.2) is 57.7 Å². The summed E-state index contributed by atoms with van der Waals surface area (Å²) >= 11 is 0. The molecule has 1 saturated heterocycles. The summed E-state index contributed by atoms with van der Waals surface area (Å²) in [5.74, 6) is -0.267. The molecule has 1 atom stereocenters. The van der Waals surface area contributed by atoms with E-state index in [1.807, 2.05) is 19.1 Å². The van der Waals surface area contributed by atoms with Crippen LogP contribution < -0.4 is 9.62 Å². The van der Waals surface area contributed by atoms with Gasteiger partial charge in [0, 0.05) is 6.54 Å². The number of carbonyl (C=O) groups is 1. The molecule has 1 heterocycles. The normalized spacial score (nSPS) is 17.1. The molecule has 6 nitrogen and oxygen atoms in total. The molecule has 0 spiro atoms. The van der Waals surface area contributed by atoms with Crippen LogP contribution in [0.25, 0.3) is 0 Å². The van der Waals surface area contributed by atoms with E-state index in [1.54, 1.807) is 19.1 Å². The summed E-state index contributed by atoms with van der Waals surface area (Å²) in [6, 6.07) is 6.37. The van der Waals surface area contributed by atoms with Gasteiger partial charge in [-0.1, -0.05) is 30.5 Å². The van der Waals surface area contributed by atoms with Crippen LogP contribution in [-0.2, 0) is 14.8 Å². The largest absolute Gasteiger partial charge is 0.354 e. The van der Waals surface area contributed by atoms with Crippen molar-refractivity contribution in [2.75, 3.05) is 36.7 Å². The molecule has 1 aromatic carbocycles. The molecule has 0 bridgehead atoms. The van der Waals surface area contributed by atoms with Gasteiger partial charge in [-0.2, -0.15) is 0 Å². The van der Waals surface area contributed by atoms with Gasteiger partial charge in [-0.05, 0) is 64.9 Å². The lowest BCUT2D eigenvalue weighted by Crippen LogP contribution is -2.48. The van der Waals surface area contributed by atoms with Crippen molar-refractivity contribution in [2.45, 2.75) is 52.0 Å². The van der Waals surface area contributed by atoms with E-state index in [9.17, 15) is 13.2 Å². The summed E-state index contributed by atoms with van der Waals surface area (Å²) in [6.07, 6.45) is 7.14. The maximum atomic E-state index is 12.5. The molecule has 27 heavy (non-hydrogen) atoms. The van der Waals surface area contributed by atoms with Crippen molar-refractivity contribution in [1.82, 2.24) is 10.2 Å². The minimum Gasteiger partial charge on any atom is -0.354 e. The number of sulfonamides is 1. The zero-order valence-electron chi connectivity index (χ0n) is 16.8. The highest BCUT2D eigenvalue weighted by Crippen LogP contribution is 2.21. The molecule has 7 heteroatoms. The van der Waals surface area contributed by atoms with E-state index in [-0.39, 0.29) is 5.91 Å². The van der Waals surface area contributed by atoms with Gasteiger partial charge in [0.25, 0.3) is 0 Å². The second-order valence-corrected chi connectivity index (χ2v) is 9.33. The zero-order chi connectivity index (χ0) is 19.9. The summed E-state index contributed by atoms with van der Waals surface area (Å²) in [5, 5.41) is 2.90. The Morgan fingerprint density at radius 3 is 2.30 bits per heavy atom. The third-order valence-corrected chi connectivity index (χ3v) is 6.27. The van der Waals surface area contributed by atoms with Crippen molar-refractivity contribution in [1.29, 1.82) is 0 Å². The lowest BCUT2D eigenvalue weighted by Gasteiger charge is -2.28. The standard InChI is InChI=1S/C20H33N3O3S/c1-17-9-11-19(12-10-17)23(27(3,25)26)18(2)20(24)21-13-8-16-22-14-6-4-5-7-15-22/h9-12,18H,4-8,13-16H2,1-3H3,(H,21,24)/t18-/m0/s1. The molecule has 0 aromatic heterocycles. The first kappa shape index (κ1) is 21.7. The van der Waals surface area contributed by atoms with E-state index in [4.69, 9.17) is 0 Å². The number of benzene rings is 1. The van der Waals surface area contributed by atoms with Crippen molar-refractivity contribution < 1.29 is 13.2 Å². The van der Waals surface area contributed by atoms with Crippen LogP contribution in [0, 0.1) is 6.92 Å². The van der Waals surface area contributed by atoms with E-state index < -0.39 is 16.1 Å². The predicted molar refractivity (Wildman–Crippen MR) is 110 cm³/mol. The summed E-state index contributed by atoms with van der Waals surface area (Å²) in [6.45, 7) is 7.38. The van der Waals surface area contributed by atoms with Gasteiger partial charge in [0.15, 0.2) is 0 Å². The Balaban J connectivity index is 1.89. The first-order chi connectivity index (χ1) is 12.8. The number of rotatable bonds is 8. The first-order valence-electron chi connectivity index (χ1n) is 9.85. The predicted octanol–water partition coefficient (Wildman–Crippen LogP) is 2.53. The molecule has 1 amide bonds. The fraction of sp³-hybridized carbons (Fsp3) is 0.650. The number of likely N-dealkylation sites (tertiary alicyclic amines) is 1. The van der Waals surface area contributed by atoms with Gasteiger partial charge in [0.2, 0.25) is 15.9 Å². The molecule has 1 N–H and O–H groups in total. The van der Waals surface area contributed by atoms with E-state index in [1.165, 1.54) is 30.0 Å². The Hall–Kier alpha value is -1.60. The number of amides is 1. The zero-order valence-corrected chi connectivity index (χ0v) is 17.6. The van der Waals surface area contributed by atoms with Crippen LogP contribution in [0.2, 0.25) is 0 Å². The molecule has 1 aliphatic heterocycles. The molecule has 2 rings (SSSR count). The van der Waals surface area contributed by atoms with Gasteiger partial charge in [-0.15, -0.1) is 0 Å². The molecular formula is C20H33N3O3S. The second-order valence-electron chi connectivity index (χ2n) is 7.47. The number of aryl methyl sites for hydroxylation is 1. The van der Waals surface area contributed by atoms with Crippen LogP contribution >= 0.6 is 0 Å². The molecule has 0 unspecified atom stereocenters. The first-order valence-corrected chi connectivity index (χ1v) is 11.7. The summed E-state index contributed by atoms with van der Waals surface area (Å²) in [5.41, 5.74) is 1.55. The number of anilines is 1. The quantitative estimate of drug-likeness (QED) is 0.687. The van der Waals surface area contributed by atoms with E-state index in [0.717, 1.165) is 37.9 Å². The monoisotopic (exact) mass is 395 g/mol. The maximum absolute atomic E-state index is 12.5. The molecule has 1 aromatic rings. The Kier molecular flexibility index (Phi) is 8.10. The fourth-order valence-electron chi connectivity index (χ4n) is 3.52. The third-order valence-electron chi connectivity index (χ3n) is 5.03. The van der Waals surface area contributed by atoms with Crippen molar-refractivity contribution in [2.24, 2.45) is 0 Å². The number of hydrogen-bond donors (Lipinski definition) is 1. The van der Waals surface area contributed by atoms with Gasteiger partial charge < -0.3 is 10.2 Å². The lowest BCUT2D eigenvalue weighted by molar-refractivity contribution is -0.121. The van der Waals surface area contributed by atoms with Crippen molar-refractivity contribution in [3.63, 3.8) is 0 Å². The van der Waals surface area contributed by atoms with E-state index >= 15 is 0 Å². The van der Waals surface area contributed by atoms with Crippen LogP contribution in [0.15, 0.2) is 24.3 Å². The highest BCUT2D eigenvalue weighted by Gasteiger charge is 2.28. The van der Waals surface area contributed by atoms with Gasteiger partial charge in [-0.25, -0.2) is 8.42 Å². The molecule has 0 aliphatic carbocycles. The summed E-state index contributed by atoms with van der Waals surface area (Å²) < 4.78 is 25.7. The van der Waals surface area contributed by atoms with Crippen LogP contribution in [0.3, 0.4) is 0 Å². The average molecular weight is 396 g/mol. The molecule has 152 valence electrons. The number of nitrogens with one attached hydrogen (secondary N) is 1. The van der Waals surface area contributed by atoms with Crippen molar-refractivity contribution in [3.05, 3.63) is 29.8 Å². The number of nitrogens with zero attached hydrogens (tertiary/aromatic N) is 2. The highest BCUT2D eigenvalue weighted by atomic mass is 32.2.